The molecular formula is C8H18N2O7S2. The predicted octanol–water partition coefficient (Wildman–Crippen LogP) is -2.06. The Bertz CT molecular complexity index is 485. The number of rotatable bonds is 10. The summed E-state index contributed by atoms with van der Waals surface area (Å²) in [6.45, 7) is 0.103. The first-order valence-corrected chi connectivity index (χ1v) is 8.78. The van der Waals surface area contributed by atoms with Gasteiger partial charge < -0.3 is 9.84 Å². The Morgan fingerprint density at radius 1 is 1.32 bits per heavy atom. The van der Waals surface area contributed by atoms with Gasteiger partial charge in [-0.3, -0.25) is 4.79 Å². The third kappa shape index (κ3) is 9.78. The SMILES string of the molecule is COCCNS(=O)(=O)NC(CCS(C)(=O)=O)C(=O)O. The van der Waals surface area contributed by atoms with Crippen LogP contribution < -0.4 is 9.44 Å². The van der Waals surface area contributed by atoms with Gasteiger partial charge in [0.2, 0.25) is 0 Å². The molecule has 0 aliphatic carbocycles. The van der Waals surface area contributed by atoms with Crippen molar-refractivity contribution in [2.45, 2.75) is 12.5 Å². The van der Waals surface area contributed by atoms with Crippen LogP contribution in [-0.4, -0.2) is 66.2 Å². The topological polar surface area (TPSA) is 139 Å². The minimum absolute atomic E-state index is 0.0236. The summed E-state index contributed by atoms with van der Waals surface area (Å²) in [5, 5.41) is 8.83. The first kappa shape index (κ1) is 18.2. The normalized spacial score (nSPS) is 14.2. The van der Waals surface area contributed by atoms with E-state index < -0.39 is 37.8 Å². The summed E-state index contributed by atoms with van der Waals surface area (Å²) in [6.07, 6.45) is 0.594. The highest BCUT2D eigenvalue weighted by Crippen LogP contribution is 1.98. The number of hydrogen-bond acceptors (Lipinski definition) is 6. The predicted molar refractivity (Wildman–Crippen MR) is 67.7 cm³/mol. The summed E-state index contributed by atoms with van der Waals surface area (Å²) in [7, 11) is -6.01. The third-order valence-electron chi connectivity index (χ3n) is 1.97. The van der Waals surface area contributed by atoms with Crippen LogP contribution in [0, 0.1) is 0 Å². The summed E-state index contributed by atoms with van der Waals surface area (Å²) in [5.74, 6) is -1.87. The van der Waals surface area contributed by atoms with Gasteiger partial charge in [-0.15, -0.1) is 0 Å². The van der Waals surface area contributed by atoms with E-state index in [0.29, 0.717) is 0 Å². The van der Waals surface area contributed by atoms with Crippen LogP contribution in [0.2, 0.25) is 0 Å². The van der Waals surface area contributed by atoms with Gasteiger partial charge in [-0.1, -0.05) is 0 Å². The van der Waals surface area contributed by atoms with Gasteiger partial charge in [-0.25, -0.2) is 8.42 Å². The molecule has 0 amide bonds. The molecular weight excluding hydrogens is 300 g/mol. The number of aliphatic carboxylic acids is 1. The number of ether oxygens (including phenoxy) is 1. The number of carboxylic acids is 1. The van der Waals surface area contributed by atoms with E-state index in [0.717, 1.165) is 6.26 Å². The zero-order chi connectivity index (χ0) is 15.1. The van der Waals surface area contributed by atoms with Crippen molar-refractivity contribution in [1.82, 2.24) is 9.44 Å². The summed E-state index contributed by atoms with van der Waals surface area (Å²) in [4.78, 5) is 10.8. The van der Waals surface area contributed by atoms with E-state index in [1.807, 2.05) is 4.72 Å². The van der Waals surface area contributed by atoms with Crippen LogP contribution >= 0.6 is 0 Å². The molecule has 0 fully saturated rings. The molecule has 0 spiro atoms. The fraction of sp³-hybridized carbons (Fsp3) is 0.875. The summed E-state index contributed by atoms with van der Waals surface area (Å²) in [6, 6.07) is -1.50. The Balaban J connectivity index is 4.53. The van der Waals surface area contributed by atoms with Crippen LogP contribution in [0.25, 0.3) is 0 Å². The van der Waals surface area contributed by atoms with E-state index in [1.165, 1.54) is 7.11 Å². The number of carbonyl (C=O) groups is 1. The van der Waals surface area contributed by atoms with Gasteiger partial charge in [0.15, 0.2) is 0 Å². The van der Waals surface area contributed by atoms with Gasteiger partial charge in [-0.2, -0.15) is 17.9 Å². The van der Waals surface area contributed by atoms with E-state index in [9.17, 15) is 21.6 Å². The highest BCUT2D eigenvalue weighted by atomic mass is 32.2. The molecule has 0 rings (SSSR count). The molecule has 3 N–H and O–H groups in total. The Morgan fingerprint density at radius 2 is 1.89 bits per heavy atom. The van der Waals surface area contributed by atoms with Crippen molar-refractivity contribution in [3.8, 4) is 0 Å². The lowest BCUT2D eigenvalue weighted by atomic mass is 10.2. The summed E-state index contributed by atoms with van der Waals surface area (Å²) >= 11 is 0. The van der Waals surface area contributed by atoms with E-state index in [-0.39, 0.29) is 19.6 Å². The van der Waals surface area contributed by atoms with Crippen LogP contribution in [0.1, 0.15) is 6.42 Å². The highest BCUT2D eigenvalue weighted by molar-refractivity contribution is 7.90. The van der Waals surface area contributed by atoms with Crippen LogP contribution in [-0.2, 0) is 29.6 Å². The minimum Gasteiger partial charge on any atom is -0.480 e. The molecule has 0 heterocycles. The van der Waals surface area contributed by atoms with E-state index in [1.54, 1.807) is 0 Å². The number of nitrogens with one attached hydrogen (secondary N) is 2. The maximum atomic E-state index is 11.5. The van der Waals surface area contributed by atoms with Crippen molar-refractivity contribution in [3.05, 3.63) is 0 Å². The maximum absolute atomic E-state index is 11.5. The van der Waals surface area contributed by atoms with Crippen molar-refractivity contribution in [1.29, 1.82) is 0 Å². The number of sulfone groups is 1. The Morgan fingerprint density at radius 3 is 2.32 bits per heavy atom. The standard InChI is InChI=1S/C8H18N2O7S2/c1-17-5-4-9-19(15,16)10-7(8(11)12)3-6-18(2,13)14/h7,9-10H,3-6H2,1-2H3,(H,11,12). The van der Waals surface area contributed by atoms with E-state index >= 15 is 0 Å². The van der Waals surface area contributed by atoms with Crippen LogP contribution in [0.15, 0.2) is 0 Å². The molecule has 11 heteroatoms. The highest BCUT2D eigenvalue weighted by Gasteiger charge is 2.24. The second-order valence-corrected chi connectivity index (χ2v) is 7.61. The maximum Gasteiger partial charge on any atom is 0.321 e. The molecule has 0 bridgehead atoms. The van der Waals surface area contributed by atoms with Gasteiger partial charge >= 0.3 is 5.97 Å². The average molecular weight is 318 g/mol. The lowest BCUT2D eigenvalue weighted by Crippen LogP contribution is -2.47. The smallest absolute Gasteiger partial charge is 0.321 e. The van der Waals surface area contributed by atoms with Crippen LogP contribution in [0.3, 0.4) is 0 Å². The molecule has 0 saturated carbocycles. The minimum atomic E-state index is -4.02. The fourth-order valence-corrected chi connectivity index (χ4v) is 2.76. The van der Waals surface area contributed by atoms with E-state index in [2.05, 4.69) is 9.46 Å². The first-order chi connectivity index (χ1) is 8.57. The number of methoxy groups -OCH3 is 1. The van der Waals surface area contributed by atoms with Gasteiger partial charge in [0, 0.05) is 19.9 Å². The largest absolute Gasteiger partial charge is 0.480 e. The lowest BCUT2D eigenvalue weighted by Gasteiger charge is -2.14. The average Bonchev–Trinajstić information content (AvgIpc) is 2.22. The monoisotopic (exact) mass is 318 g/mol. The molecule has 0 radical (unpaired) electrons. The molecule has 0 saturated heterocycles. The quantitative estimate of drug-likeness (QED) is 0.394. The van der Waals surface area contributed by atoms with Crippen molar-refractivity contribution < 1.29 is 31.5 Å². The molecule has 0 aliphatic rings. The molecule has 1 atom stereocenters. The van der Waals surface area contributed by atoms with Crippen molar-refractivity contribution in [3.63, 3.8) is 0 Å². The second-order valence-electron chi connectivity index (χ2n) is 3.82. The molecule has 0 aromatic carbocycles. The third-order valence-corrected chi connectivity index (χ3v) is 4.13. The molecule has 19 heavy (non-hydrogen) atoms. The van der Waals surface area contributed by atoms with Gasteiger partial charge in [0.05, 0.1) is 12.4 Å². The first-order valence-electron chi connectivity index (χ1n) is 5.24. The van der Waals surface area contributed by atoms with Crippen molar-refractivity contribution >= 4 is 26.0 Å². The van der Waals surface area contributed by atoms with E-state index in [4.69, 9.17) is 5.11 Å². The van der Waals surface area contributed by atoms with Crippen molar-refractivity contribution in [2.75, 3.05) is 32.3 Å². The zero-order valence-electron chi connectivity index (χ0n) is 10.6. The molecule has 114 valence electrons. The fourth-order valence-electron chi connectivity index (χ4n) is 1.07. The molecule has 0 aliphatic heterocycles. The van der Waals surface area contributed by atoms with Gasteiger partial charge in [0.1, 0.15) is 15.9 Å². The van der Waals surface area contributed by atoms with Crippen LogP contribution in [0.4, 0.5) is 0 Å². The Hall–Kier alpha value is -0.750. The number of carboxylic acid groups (broad SMARTS) is 1. The van der Waals surface area contributed by atoms with Gasteiger partial charge in [0.25, 0.3) is 10.2 Å². The number of hydrogen-bond donors (Lipinski definition) is 3. The molecule has 0 aromatic rings. The van der Waals surface area contributed by atoms with Crippen molar-refractivity contribution in [2.24, 2.45) is 0 Å². The second kappa shape index (κ2) is 7.75. The van der Waals surface area contributed by atoms with Crippen LogP contribution in [0.5, 0.6) is 0 Å². The Kier molecular flexibility index (Phi) is 7.44. The Labute approximate surface area is 112 Å². The summed E-state index contributed by atoms with van der Waals surface area (Å²) < 4.78 is 53.3. The summed E-state index contributed by atoms with van der Waals surface area (Å²) in [5.41, 5.74) is 0. The molecule has 0 aromatic heterocycles. The zero-order valence-corrected chi connectivity index (χ0v) is 12.3. The molecule has 1 unspecified atom stereocenters. The van der Waals surface area contributed by atoms with Gasteiger partial charge in [-0.05, 0) is 6.42 Å². The lowest BCUT2D eigenvalue weighted by molar-refractivity contribution is -0.139. The molecule has 9 nitrogen and oxygen atoms in total.